The lowest BCUT2D eigenvalue weighted by Crippen LogP contribution is -2.14. The van der Waals surface area contributed by atoms with Crippen LogP contribution in [-0.2, 0) is 9.59 Å². The number of rotatable bonds is 2. The molecule has 2 aliphatic rings. The van der Waals surface area contributed by atoms with Gasteiger partial charge in [-0.1, -0.05) is 0 Å². The van der Waals surface area contributed by atoms with E-state index in [2.05, 4.69) is 0 Å². The highest BCUT2D eigenvalue weighted by Gasteiger charge is 2.52. The summed E-state index contributed by atoms with van der Waals surface area (Å²) in [6.07, 6.45) is 2.59. The van der Waals surface area contributed by atoms with Gasteiger partial charge in [-0.25, -0.2) is 0 Å². The molecule has 0 heterocycles. The lowest BCUT2D eigenvalue weighted by atomic mass is 9.97. The molecule has 0 aromatic heterocycles. The zero-order valence-electron chi connectivity index (χ0n) is 6.67. The Labute approximate surface area is 66.0 Å². The standard InChI is InChI=1S/C9H12O2/c1-5(10)2-7-3-6-4-8(6)9(7)11/h6-8H,2-4H2,1H3/t6-,7+,8+/m0/s1. The molecule has 0 saturated heterocycles. The van der Waals surface area contributed by atoms with Crippen LogP contribution >= 0.6 is 0 Å². The summed E-state index contributed by atoms with van der Waals surface area (Å²) in [5.41, 5.74) is 0. The molecule has 0 unspecified atom stereocenters. The number of fused-ring (bicyclic) bond motifs is 1. The maximum absolute atomic E-state index is 11.3. The van der Waals surface area contributed by atoms with Gasteiger partial charge in [-0.2, -0.15) is 0 Å². The predicted molar refractivity (Wildman–Crippen MR) is 40.0 cm³/mol. The van der Waals surface area contributed by atoms with Crippen LogP contribution < -0.4 is 0 Å². The van der Waals surface area contributed by atoms with Gasteiger partial charge in [0.25, 0.3) is 0 Å². The van der Waals surface area contributed by atoms with E-state index in [1.165, 1.54) is 0 Å². The van der Waals surface area contributed by atoms with Crippen LogP contribution in [0.1, 0.15) is 26.2 Å². The van der Waals surface area contributed by atoms with E-state index >= 15 is 0 Å². The number of Topliss-reactive ketones (excluding diaryl/α,β-unsaturated/α-hetero) is 2. The highest BCUT2D eigenvalue weighted by molar-refractivity contribution is 5.92. The summed E-state index contributed by atoms with van der Waals surface area (Å²) < 4.78 is 0. The summed E-state index contributed by atoms with van der Waals surface area (Å²) in [6.45, 7) is 1.57. The number of carbonyl (C=O) groups excluding carboxylic acids is 2. The third-order valence-corrected chi connectivity index (χ3v) is 2.81. The number of hydrogen-bond donors (Lipinski definition) is 0. The number of ketones is 2. The minimum atomic E-state index is 0.0937. The van der Waals surface area contributed by atoms with Crippen molar-refractivity contribution in [3.8, 4) is 0 Å². The molecule has 60 valence electrons. The number of carbonyl (C=O) groups is 2. The van der Waals surface area contributed by atoms with Crippen molar-refractivity contribution in [2.24, 2.45) is 17.8 Å². The van der Waals surface area contributed by atoms with Gasteiger partial charge in [0.1, 0.15) is 11.6 Å². The van der Waals surface area contributed by atoms with Crippen molar-refractivity contribution in [3.63, 3.8) is 0 Å². The van der Waals surface area contributed by atoms with Gasteiger partial charge in [0.2, 0.25) is 0 Å². The Balaban J connectivity index is 1.96. The van der Waals surface area contributed by atoms with Gasteiger partial charge in [0, 0.05) is 18.3 Å². The van der Waals surface area contributed by atoms with E-state index in [-0.39, 0.29) is 11.7 Å². The normalized spacial score (nSPS) is 40.5. The molecule has 0 bridgehead atoms. The van der Waals surface area contributed by atoms with Crippen molar-refractivity contribution >= 4 is 11.6 Å². The molecular formula is C9H12O2. The van der Waals surface area contributed by atoms with Crippen LogP contribution in [0.4, 0.5) is 0 Å². The summed E-state index contributed by atoms with van der Waals surface area (Å²) in [7, 11) is 0. The summed E-state index contributed by atoms with van der Waals surface area (Å²) in [5, 5.41) is 0. The van der Waals surface area contributed by atoms with E-state index in [1.54, 1.807) is 6.92 Å². The first kappa shape index (κ1) is 7.01. The molecule has 0 amide bonds. The third kappa shape index (κ3) is 1.10. The Bertz CT molecular complexity index is 220. The van der Waals surface area contributed by atoms with E-state index in [0.29, 0.717) is 24.0 Å². The van der Waals surface area contributed by atoms with Crippen molar-refractivity contribution in [3.05, 3.63) is 0 Å². The van der Waals surface area contributed by atoms with Crippen molar-refractivity contribution in [1.82, 2.24) is 0 Å². The quantitative estimate of drug-likeness (QED) is 0.595. The van der Waals surface area contributed by atoms with Gasteiger partial charge in [0.05, 0.1) is 0 Å². The zero-order valence-corrected chi connectivity index (χ0v) is 6.67. The maximum atomic E-state index is 11.3. The molecular weight excluding hydrogens is 140 g/mol. The Hall–Kier alpha value is -0.660. The lowest BCUT2D eigenvalue weighted by Gasteiger charge is -2.06. The molecule has 2 saturated carbocycles. The van der Waals surface area contributed by atoms with Gasteiger partial charge >= 0.3 is 0 Å². The molecule has 2 heteroatoms. The summed E-state index contributed by atoms with van der Waals surface area (Å²) in [5.74, 6) is 1.64. The van der Waals surface area contributed by atoms with Crippen molar-refractivity contribution < 1.29 is 9.59 Å². The van der Waals surface area contributed by atoms with Crippen LogP contribution in [0.25, 0.3) is 0 Å². The van der Waals surface area contributed by atoms with E-state index < -0.39 is 0 Å². The first-order chi connectivity index (χ1) is 5.18. The van der Waals surface area contributed by atoms with Gasteiger partial charge in [-0.15, -0.1) is 0 Å². The van der Waals surface area contributed by atoms with Crippen molar-refractivity contribution in [1.29, 1.82) is 0 Å². The van der Waals surface area contributed by atoms with E-state index in [0.717, 1.165) is 12.8 Å². The average Bonchev–Trinajstić information content (AvgIpc) is 2.58. The fraction of sp³-hybridized carbons (Fsp3) is 0.778. The van der Waals surface area contributed by atoms with E-state index in [1.807, 2.05) is 0 Å². The highest BCUT2D eigenvalue weighted by atomic mass is 16.1. The number of hydrogen-bond acceptors (Lipinski definition) is 2. The molecule has 2 rings (SSSR count). The molecule has 0 spiro atoms. The Morgan fingerprint density at radius 1 is 1.55 bits per heavy atom. The second-order valence-corrected chi connectivity index (χ2v) is 3.84. The van der Waals surface area contributed by atoms with Crippen LogP contribution in [0.3, 0.4) is 0 Å². The molecule has 0 N–H and O–H groups in total. The van der Waals surface area contributed by atoms with Crippen LogP contribution in [-0.4, -0.2) is 11.6 Å². The Morgan fingerprint density at radius 3 is 2.73 bits per heavy atom. The first-order valence-electron chi connectivity index (χ1n) is 4.21. The fourth-order valence-electron chi connectivity index (χ4n) is 2.17. The minimum absolute atomic E-state index is 0.0937. The second kappa shape index (κ2) is 2.16. The molecule has 0 aromatic carbocycles. The summed E-state index contributed by atoms with van der Waals surface area (Å²) in [4.78, 5) is 22.0. The van der Waals surface area contributed by atoms with Gasteiger partial charge in [-0.3, -0.25) is 4.79 Å². The summed E-state index contributed by atoms with van der Waals surface area (Å²) >= 11 is 0. The molecule has 3 atom stereocenters. The zero-order chi connectivity index (χ0) is 8.01. The average molecular weight is 152 g/mol. The smallest absolute Gasteiger partial charge is 0.139 e. The van der Waals surface area contributed by atoms with Gasteiger partial charge in [0.15, 0.2) is 0 Å². The first-order valence-corrected chi connectivity index (χ1v) is 4.21. The van der Waals surface area contributed by atoms with Gasteiger partial charge < -0.3 is 4.79 Å². The van der Waals surface area contributed by atoms with Crippen LogP contribution in [0.5, 0.6) is 0 Å². The monoisotopic (exact) mass is 152 g/mol. The van der Waals surface area contributed by atoms with Crippen LogP contribution in [0.2, 0.25) is 0 Å². The Kier molecular flexibility index (Phi) is 1.38. The largest absolute Gasteiger partial charge is 0.300 e. The summed E-state index contributed by atoms with van der Waals surface area (Å²) in [6, 6.07) is 0. The molecule has 0 aromatic rings. The molecule has 2 aliphatic carbocycles. The molecule has 2 fully saturated rings. The lowest BCUT2D eigenvalue weighted by molar-refractivity contribution is -0.126. The van der Waals surface area contributed by atoms with Crippen molar-refractivity contribution in [2.75, 3.05) is 0 Å². The Morgan fingerprint density at radius 2 is 2.27 bits per heavy atom. The fourth-order valence-corrected chi connectivity index (χ4v) is 2.17. The predicted octanol–water partition coefficient (Wildman–Crippen LogP) is 1.19. The molecule has 0 aliphatic heterocycles. The molecule has 11 heavy (non-hydrogen) atoms. The van der Waals surface area contributed by atoms with Gasteiger partial charge in [-0.05, 0) is 25.7 Å². The van der Waals surface area contributed by atoms with E-state index in [9.17, 15) is 9.59 Å². The second-order valence-electron chi connectivity index (χ2n) is 3.84. The van der Waals surface area contributed by atoms with E-state index in [4.69, 9.17) is 0 Å². The highest BCUT2D eigenvalue weighted by Crippen LogP contribution is 2.52. The molecule has 2 nitrogen and oxygen atoms in total. The van der Waals surface area contributed by atoms with Crippen LogP contribution in [0.15, 0.2) is 0 Å². The maximum Gasteiger partial charge on any atom is 0.139 e. The molecule has 0 radical (unpaired) electrons. The van der Waals surface area contributed by atoms with Crippen LogP contribution in [0, 0.1) is 17.8 Å². The SMILES string of the molecule is CC(=O)C[C@@H]1C[C@H]2C[C@H]2C1=O. The van der Waals surface area contributed by atoms with Crippen molar-refractivity contribution in [2.45, 2.75) is 26.2 Å². The minimum Gasteiger partial charge on any atom is -0.300 e. The topological polar surface area (TPSA) is 34.1 Å². The third-order valence-electron chi connectivity index (χ3n) is 2.81.